The highest BCUT2D eigenvalue weighted by molar-refractivity contribution is 7.99. The van der Waals surface area contributed by atoms with Crippen LogP contribution in [0.15, 0.2) is 53.7 Å². The van der Waals surface area contributed by atoms with Gasteiger partial charge in [-0.2, -0.15) is 4.39 Å². The van der Waals surface area contributed by atoms with Crippen molar-refractivity contribution in [1.82, 2.24) is 19.7 Å². The SMILES string of the molecule is O=C(CSc1nnc(CN2CCCC2)n1-c1ccccc1)Nc1ccc(F)c([N+](=O)[O-])c1. The number of nitrogens with zero attached hydrogens (tertiary/aromatic N) is 5. The molecule has 9 nitrogen and oxygen atoms in total. The van der Waals surface area contributed by atoms with Crippen molar-refractivity contribution in [3.8, 4) is 5.69 Å². The van der Waals surface area contributed by atoms with E-state index in [4.69, 9.17) is 0 Å². The molecule has 166 valence electrons. The van der Waals surface area contributed by atoms with Crippen molar-refractivity contribution < 1.29 is 14.1 Å². The van der Waals surface area contributed by atoms with E-state index in [1.54, 1.807) is 0 Å². The molecule has 1 saturated heterocycles. The standard InChI is InChI=1S/C21H21FN6O3S/c22-17-9-8-15(12-18(17)28(30)31)23-20(29)14-32-21-25-24-19(13-26-10-4-5-11-26)27(21)16-6-2-1-3-7-16/h1-3,6-9,12H,4-5,10-11,13-14H2,(H,23,29). The lowest BCUT2D eigenvalue weighted by Gasteiger charge is -2.16. The summed E-state index contributed by atoms with van der Waals surface area (Å²) >= 11 is 1.21. The Hall–Kier alpha value is -3.31. The fourth-order valence-electron chi connectivity index (χ4n) is 3.53. The minimum absolute atomic E-state index is 0.0137. The molecule has 4 rings (SSSR count). The van der Waals surface area contributed by atoms with E-state index in [0.29, 0.717) is 11.7 Å². The first kappa shape index (κ1) is 21.9. The first-order valence-corrected chi connectivity index (χ1v) is 11.1. The first-order valence-electron chi connectivity index (χ1n) is 10.1. The molecule has 2 heterocycles. The summed E-state index contributed by atoms with van der Waals surface area (Å²) in [5.41, 5.74) is 0.373. The van der Waals surface area contributed by atoms with Gasteiger partial charge in [0.1, 0.15) is 0 Å². The predicted octanol–water partition coefficient (Wildman–Crippen LogP) is 3.64. The van der Waals surface area contributed by atoms with Gasteiger partial charge in [0.25, 0.3) is 0 Å². The topological polar surface area (TPSA) is 106 Å². The second kappa shape index (κ2) is 9.88. The van der Waals surface area contributed by atoms with Gasteiger partial charge in [-0.3, -0.25) is 24.4 Å². The zero-order valence-corrected chi connectivity index (χ0v) is 17.9. The maximum absolute atomic E-state index is 13.5. The molecular weight excluding hydrogens is 435 g/mol. The largest absolute Gasteiger partial charge is 0.325 e. The van der Waals surface area contributed by atoms with E-state index in [1.807, 2.05) is 34.9 Å². The number of hydrogen-bond donors (Lipinski definition) is 1. The number of halogens is 1. The minimum Gasteiger partial charge on any atom is -0.325 e. The van der Waals surface area contributed by atoms with Gasteiger partial charge in [-0.1, -0.05) is 30.0 Å². The van der Waals surface area contributed by atoms with Gasteiger partial charge in [0.2, 0.25) is 11.7 Å². The number of rotatable bonds is 8. The summed E-state index contributed by atoms with van der Waals surface area (Å²) < 4.78 is 15.4. The van der Waals surface area contributed by atoms with Crippen LogP contribution in [0.5, 0.6) is 0 Å². The highest BCUT2D eigenvalue weighted by Crippen LogP contribution is 2.25. The molecule has 11 heteroatoms. The third kappa shape index (κ3) is 5.11. The average molecular weight is 457 g/mol. The summed E-state index contributed by atoms with van der Waals surface area (Å²) in [6, 6.07) is 12.9. The van der Waals surface area contributed by atoms with E-state index in [2.05, 4.69) is 20.4 Å². The monoisotopic (exact) mass is 456 g/mol. The Morgan fingerprint density at radius 3 is 2.62 bits per heavy atom. The Bertz CT molecular complexity index is 1120. The molecule has 0 saturated carbocycles. The number of likely N-dealkylation sites (tertiary alicyclic amines) is 1. The molecule has 0 aliphatic carbocycles. The molecule has 0 unspecified atom stereocenters. The molecule has 2 aromatic carbocycles. The Balaban J connectivity index is 1.48. The van der Waals surface area contributed by atoms with Crippen LogP contribution < -0.4 is 5.32 Å². The highest BCUT2D eigenvalue weighted by atomic mass is 32.2. The van der Waals surface area contributed by atoms with E-state index in [9.17, 15) is 19.3 Å². The van der Waals surface area contributed by atoms with Crippen molar-refractivity contribution in [3.05, 3.63) is 70.3 Å². The zero-order valence-electron chi connectivity index (χ0n) is 17.1. The minimum atomic E-state index is -0.955. The van der Waals surface area contributed by atoms with Crippen LogP contribution >= 0.6 is 11.8 Å². The predicted molar refractivity (Wildman–Crippen MR) is 118 cm³/mol. The first-order chi connectivity index (χ1) is 15.5. The summed E-state index contributed by atoms with van der Waals surface area (Å²) in [7, 11) is 0. The van der Waals surface area contributed by atoms with E-state index in [1.165, 1.54) is 30.7 Å². The van der Waals surface area contributed by atoms with Gasteiger partial charge < -0.3 is 5.32 Å². The number of nitro groups is 1. The molecule has 1 fully saturated rings. The smallest absolute Gasteiger partial charge is 0.306 e. The fraction of sp³-hybridized carbons (Fsp3) is 0.286. The molecule has 1 aliphatic rings. The van der Waals surface area contributed by atoms with Crippen LogP contribution in [0.2, 0.25) is 0 Å². The van der Waals surface area contributed by atoms with Crippen LogP contribution in [0.1, 0.15) is 18.7 Å². The molecule has 1 aromatic heterocycles. The summed E-state index contributed by atoms with van der Waals surface area (Å²) in [5, 5.41) is 22.7. The van der Waals surface area contributed by atoms with Crippen LogP contribution in [0, 0.1) is 15.9 Å². The van der Waals surface area contributed by atoms with E-state index in [-0.39, 0.29) is 17.3 Å². The van der Waals surface area contributed by atoms with Crippen molar-refractivity contribution in [3.63, 3.8) is 0 Å². The van der Waals surface area contributed by atoms with Crippen LogP contribution in [-0.4, -0.2) is 49.3 Å². The van der Waals surface area contributed by atoms with E-state index in [0.717, 1.165) is 36.7 Å². The van der Waals surface area contributed by atoms with Gasteiger partial charge in [-0.25, -0.2) is 0 Å². The molecule has 3 aromatic rings. The normalized spacial score (nSPS) is 13.9. The summed E-state index contributed by atoms with van der Waals surface area (Å²) in [6.45, 7) is 2.72. The molecule has 0 radical (unpaired) electrons. The highest BCUT2D eigenvalue weighted by Gasteiger charge is 2.20. The Morgan fingerprint density at radius 2 is 1.91 bits per heavy atom. The molecule has 32 heavy (non-hydrogen) atoms. The van der Waals surface area contributed by atoms with Crippen LogP contribution in [0.25, 0.3) is 5.69 Å². The van der Waals surface area contributed by atoms with Gasteiger partial charge >= 0.3 is 5.69 Å². The summed E-state index contributed by atoms with van der Waals surface area (Å²) in [4.78, 5) is 24.8. The molecule has 0 spiro atoms. The summed E-state index contributed by atoms with van der Waals surface area (Å²) in [5.74, 6) is -0.529. The lowest BCUT2D eigenvalue weighted by atomic mass is 10.2. The second-order valence-corrected chi connectivity index (χ2v) is 8.26. The Labute approximate surface area is 187 Å². The van der Waals surface area contributed by atoms with Crippen molar-refractivity contribution in [2.45, 2.75) is 24.5 Å². The van der Waals surface area contributed by atoms with Crippen molar-refractivity contribution in [1.29, 1.82) is 0 Å². The molecule has 1 aliphatic heterocycles. The number of carbonyl (C=O) groups excluding carboxylic acids is 1. The number of hydrogen-bond acceptors (Lipinski definition) is 7. The maximum atomic E-state index is 13.5. The summed E-state index contributed by atoms with van der Waals surface area (Å²) in [6.07, 6.45) is 2.34. The number of nitrogens with one attached hydrogen (secondary N) is 1. The zero-order chi connectivity index (χ0) is 22.5. The second-order valence-electron chi connectivity index (χ2n) is 7.31. The van der Waals surface area contributed by atoms with Gasteiger partial charge in [0.05, 0.1) is 17.2 Å². The number of carbonyl (C=O) groups is 1. The van der Waals surface area contributed by atoms with Crippen molar-refractivity contribution in [2.24, 2.45) is 0 Å². The van der Waals surface area contributed by atoms with Gasteiger partial charge in [-0.15, -0.1) is 10.2 Å². The molecule has 0 atom stereocenters. The average Bonchev–Trinajstić information content (AvgIpc) is 3.44. The number of amides is 1. The fourth-order valence-corrected chi connectivity index (χ4v) is 4.30. The Kier molecular flexibility index (Phi) is 6.76. The van der Waals surface area contributed by atoms with Crippen molar-refractivity contribution in [2.75, 3.05) is 24.2 Å². The number of benzene rings is 2. The third-order valence-corrected chi connectivity index (χ3v) is 5.97. The molecule has 1 amide bonds. The number of thioether (sulfide) groups is 1. The van der Waals surface area contributed by atoms with E-state index >= 15 is 0 Å². The quantitative estimate of drug-likeness (QED) is 0.313. The number of nitro benzene ring substituents is 1. The van der Waals surface area contributed by atoms with Crippen LogP contribution in [0.4, 0.5) is 15.8 Å². The molecular formula is C21H21FN6O3S. The lowest BCUT2D eigenvalue weighted by molar-refractivity contribution is -0.387. The van der Waals surface area contributed by atoms with Gasteiger partial charge in [0, 0.05) is 17.4 Å². The van der Waals surface area contributed by atoms with Crippen LogP contribution in [0.3, 0.4) is 0 Å². The Morgan fingerprint density at radius 1 is 1.16 bits per heavy atom. The number of para-hydroxylation sites is 1. The van der Waals surface area contributed by atoms with Crippen molar-refractivity contribution >= 4 is 29.0 Å². The maximum Gasteiger partial charge on any atom is 0.306 e. The lowest BCUT2D eigenvalue weighted by Crippen LogP contribution is -2.21. The number of anilines is 1. The van der Waals surface area contributed by atoms with Crippen LogP contribution in [-0.2, 0) is 11.3 Å². The van der Waals surface area contributed by atoms with Gasteiger partial charge in [0.15, 0.2) is 11.0 Å². The molecule has 0 bridgehead atoms. The van der Waals surface area contributed by atoms with E-state index < -0.39 is 16.4 Å². The third-order valence-electron chi connectivity index (χ3n) is 5.04. The number of aromatic nitrogens is 3. The molecule has 1 N–H and O–H groups in total. The van der Waals surface area contributed by atoms with Gasteiger partial charge in [-0.05, 0) is 50.2 Å².